The van der Waals surface area contributed by atoms with Crippen molar-refractivity contribution in [3.8, 4) is 5.75 Å². The average molecular weight is 600 g/mol. The molecule has 0 saturated carbocycles. The fourth-order valence-corrected chi connectivity index (χ4v) is 3.96. The zero-order valence-electron chi connectivity index (χ0n) is 18.1. The minimum absolute atomic E-state index is 0. The first-order valence-electron chi connectivity index (χ1n) is 9.67. The van der Waals surface area contributed by atoms with Crippen LogP contribution in [0.5, 0.6) is 5.75 Å². The van der Waals surface area contributed by atoms with Crippen LogP contribution in [0.3, 0.4) is 0 Å². The second-order valence-corrected chi connectivity index (χ2v) is 8.99. The SMILES string of the molecule is O=S(=O)(O)c1ccc2c(O)c(N=Nc3[c-]cc(N=Nc4ccccc4)cc3)c(SOOO)cc2c1.[Y]. The molecule has 0 saturated heterocycles. The van der Waals surface area contributed by atoms with Crippen LogP contribution in [0, 0.1) is 6.07 Å². The van der Waals surface area contributed by atoms with Crippen LogP contribution in [-0.4, -0.2) is 23.3 Å². The molecule has 0 aliphatic heterocycles. The molecule has 36 heavy (non-hydrogen) atoms. The predicted octanol–water partition coefficient (Wildman–Crippen LogP) is 6.85. The summed E-state index contributed by atoms with van der Waals surface area (Å²) in [7, 11) is -4.46. The van der Waals surface area contributed by atoms with Crippen molar-refractivity contribution < 1.29 is 65.4 Å². The molecule has 4 rings (SSSR count). The van der Waals surface area contributed by atoms with Gasteiger partial charge in [0.1, 0.15) is 5.69 Å². The minimum Gasteiger partial charge on any atom is -0.505 e. The maximum absolute atomic E-state index is 11.4. The normalized spacial score (nSPS) is 11.8. The molecule has 0 aromatic heterocycles. The molecule has 14 heteroatoms. The molecule has 0 unspecified atom stereocenters. The van der Waals surface area contributed by atoms with Crippen LogP contribution in [0.4, 0.5) is 22.7 Å². The van der Waals surface area contributed by atoms with Crippen molar-refractivity contribution in [2.45, 2.75) is 9.79 Å². The van der Waals surface area contributed by atoms with E-state index in [9.17, 15) is 18.1 Å². The van der Waals surface area contributed by atoms with Crippen LogP contribution in [0.25, 0.3) is 10.8 Å². The molecule has 1 radical (unpaired) electrons. The van der Waals surface area contributed by atoms with Crippen LogP contribution in [0.15, 0.2) is 103 Å². The summed E-state index contributed by atoms with van der Waals surface area (Å²) in [6.07, 6.45) is 0. The number of azo groups is 2. The van der Waals surface area contributed by atoms with Crippen molar-refractivity contribution in [2.75, 3.05) is 0 Å². The molecule has 0 heterocycles. The summed E-state index contributed by atoms with van der Waals surface area (Å²) < 4.78 is 36.6. The molecule has 0 spiro atoms. The zero-order valence-corrected chi connectivity index (χ0v) is 22.6. The van der Waals surface area contributed by atoms with Gasteiger partial charge in [-0.25, -0.2) is 10.4 Å². The first kappa shape index (κ1) is 28.0. The Morgan fingerprint density at radius 2 is 1.64 bits per heavy atom. The van der Waals surface area contributed by atoms with Gasteiger partial charge in [0.2, 0.25) is 0 Å². The Kier molecular flexibility index (Phi) is 9.76. The first-order chi connectivity index (χ1) is 16.8. The van der Waals surface area contributed by atoms with E-state index in [1.54, 1.807) is 18.2 Å². The van der Waals surface area contributed by atoms with Crippen molar-refractivity contribution in [1.82, 2.24) is 0 Å². The molecule has 0 aliphatic rings. The van der Waals surface area contributed by atoms with Crippen LogP contribution in [0.2, 0.25) is 0 Å². The summed E-state index contributed by atoms with van der Waals surface area (Å²) >= 11 is 0.496. The zero-order chi connectivity index (χ0) is 24.8. The van der Waals surface area contributed by atoms with Gasteiger partial charge in [0.25, 0.3) is 10.1 Å². The molecule has 11 nitrogen and oxygen atoms in total. The predicted molar refractivity (Wildman–Crippen MR) is 126 cm³/mol. The van der Waals surface area contributed by atoms with Gasteiger partial charge in [0.05, 0.1) is 27.5 Å². The summed E-state index contributed by atoms with van der Waals surface area (Å²) in [4.78, 5) is -0.235. The molecule has 4 aromatic rings. The van der Waals surface area contributed by atoms with Crippen LogP contribution in [0.1, 0.15) is 0 Å². The monoisotopic (exact) mass is 600 g/mol. The van der Waals surface area contributed by atoms with E-state index in [1.807, 2.05) is 30.3 Å². The van der Waals surface area contributed by atoms with E-state index in [2.05, 4.69) is 35.9 Å². The first-order valence-corrected chi connectivity index (χ1v) is 11.9. The number of hydrogen-bond acceptors (Lipinski definition) is 11. The molecule has 181 valence electrons. The van der Waals surface area contributed by atoms with Gasteiger partial charge >= 0.3 is 0 Å². The van der Waals surface area contributed by atoms with Crippen LogP contribution >= 0.6 is 12.0 Å². The summed E-state index contributed by atoms with van der Waals surface area (Å²) in [5.74, 6) is -0.342. The second-order valence-electron chi connectivity index (χ2n) is 6.82. The maximum Gasteiger partial charge on any atom is 0.294 e. The van der Waals surface area contributed by atoms with Gasteiger partial charge in [0, 0.05) is 38.1 Å². The molecule has 0 aliphatic carbocycles. The molecule has 4 aromatic carbocycles. The maximum atomic E-state index is 11.4. The third-order valence-corrected chi connectivity index (χ3v) is 6.02. The second kappa shape index (κ2) is 12.6. The Bertz CT molecular complexity index is 1520. The summed E-state index contributed by atoms with van der Waals surface area (Å²) in [6.45, 7) is 0. The Hall–Kier alpha value is -2.62. The molecular weight excluding hydrogens is 585 g/mol. The van der Waals surface area contributed by atoms with Gasteiger partial charge in [-0.15, -0.1) is 27.6 Å². The number of benzene rings is 4. The number of fused-ring (bicyclic) bond motifs is 1. The largest absolute Gasteiger partial charge is 0.505 e. The van der Waals surface area contributed by atoms with Gasteiger partial charge in [-0.3, -0.25) is 4.55 Å². The van der Waals surface area contributed by atoms with Crippen LogP contribution < -0.4 is 0 Å². The van der Waals surface area contributed by atoms with Crippen molar-refractivity contribution in [2.24, 2.45) is 20.5 Å². The van der Waals surface area contributed by atoms with E-state index >= 15 is 0 Å². The van der Waals surface area contributed by atoms with E-state index in [0.29, 0.717) is 29.1 Å². The van der Waals surface area contributed by atoms with Gasteiger partial charge in [0.15, 0.2) is 5.75 Å². The van der Waals surface area contributed by atoms with E-state index < -0.39 is 10.1 Å². The third kappa shape index (κ3) is 6.99. The van der Waals surface area contributed by atoms with Crippen LogP contribution in [-0.2, 0) is 52.2 Å². The van der Waals surface area contributed by atoms with Gasteiger partial charge in [-0.2, -0.15) is 24.7 Å². The minimum atomic E-state index is -4.46. The summed E-state index contributed by atoms with van der Waals surface area (Å²) in [5.41, 5.74) is 1.52. The number of aromatic hydroxyl groups is 1. The molecule has 0 fully saturated rings. The smallest absolute Gasteiger partial charge is 0.294 e. The van der Waals surface area contributed by atoms with Crippen molar-refractivity contribution in [1.29, 1.82) is 0 Å². The van der Waals surface area contributed by atoms with Crippen molar-refractivity contribution >= 4 is 55.7 Å². The molecule has 0 bridgehead atoms. The Morgan fingerprint density at radius 3 is 2.31 bits per heavy atom. The fraction of sp³-hybridized carbons (Fsp3) is 0. The van der Waals surface area contributed by atoms with Gasteiger partial charge in [-0.05, 0) is 53.2 Å². The van der Waals surface area contributed by atoms with Gasteiger partial charge in [-0.1, -0.05) is 23.2 Å². The third-order valence-electron chi connectivity index (χ3n) is 4.55. The Balaban J connectivity index is 0.00000361. The Labute approximate surface area is 234 Å². The van der Waals surface area contributed by atoms with E-state index in [4.69, 9.17) is 5.26 Å². The van der Waals surface area contributed by atoms with E-state index in [1.165, 1.54) is 12.1 Å². The molecular formula is C22H15N4O7S2Y-. The van der Waals surface area contributed by atoms with Crippen molar-refractivity contribution in [3.05, 3.63) is 78.9 Å². The number of phenolic OH excluding ortho intramolecular Hbond substituents is 1. The van der Waals surface area contributed by atoms with Crippen molar-refractivity contribution in [3.63, 3.8) is 0 Å². The van der Waals surface area contributed by atoms with E-state index in [-0.39, 0.29) is 64.7 Å². The summed E-state index contributed by atoms with van der Waals surface area (Å²) in [6, 6.07) is 21.9. The fourth-order valence-electron chi connectivity index (χ4n) is 2.95. The van der Waals surface area contributed by atoms with Gasteiger partial charge < -0.3 is 5.11 Å². The Morgan fingerprint density at radius 1 is 0.889 bits per heavy atom. The number of nitrogens with zero attached hydrogens (tertiary/aromatic N) is 4. The average Bonchev–Trinajstić information content (AvgIpc) is 2.86. The number of hydrogen-bond donors (Lipinski definition) is 3. The quantitative estimate of drug-likeness (QED) is 0.0494. The molecule has 0 atom stereocenters. The topological polar surface area (TPSA) is 163 Å². The summed E-state index contributed by atoms with van der Waals surface area (Å²) in [5, 5.41) is 39.7. The number of rotatable bonds is 8. The van der Waals surface area contributed by atoms with E-state index in [0.717, 1.165) is 12.1 Å². The number of phenols is 1. The molecule has 0 amide bonds. The molecule has 3 N–H and O–H groups in total. The standard InChI is InChI=1S/C22H15N4O7S2.Y/c27-22-19-11-10-18(35(29,30)31)12-14(19)13-20(34-33-32-28)21(22)26-25-17-8-6-16(7-9-17)24-23-15-4-2-1-3-5-15;/h1-8,10-13,27-28H,(H,29,30,31);/q-1;.